The Morgan fingerprint density at radius 1 is 0.806 bits per heavy atom. The zero-order valence-electron chi connectivity index (χ0n) is 20.3. The van der Waals surface area contributed by atoms with Crippen LogP contribution in [-0.2, 0) is 35.4 Å². The number of aryl methyl sites for hydroxylation is 4. The van der Waals surface area contributed by atoms with Gasteiger partial charge in [0, 0.05) is 63.8 Å². The SMILES string of the molecule is O=C(NCCCc1ccccc1CCCNC(=O)O[C@@H]1CCn2ccnc21)OC1CCn2ccnc21. The first-order valence-corrected chi connectivity index (χ1v) is 12.6. The topological polar surface area (TPSA) is 112 Å². The molecule has 3 aromatic rings. The Morgan fingerprint density at radius 2 is 1.28 bits per heavy atom. The molecule has 2 N–H and O–H groups in total. The maximum absolute atomic E-state index is 12.2. The van der Waals surface area contributed by atoms with Gasteiger partial charge in [0.15, 0.2) is 12.2 Å². The van der Waals surface area contributed by atoms with Gasteiger partial charge in [-0.05, 0) is 36.8 Å². The molecule has 2 aliphatic rings. The van der Waals surface area contributed by atoms with Crippen molar-refractivity contribution in [2.24, 2.45) is 0 Å². The number of nitrogens with one attached hydrogen (secondary N) is 2. The number of hydrogen-bond donors (Lipinski definition) is 2. The normalized spacial score (nSPS) is 17.9. The minimum atomic E-state index is -0.399. The summed E-state index contributed by atoms with van der Waals surface area (Å²) in [6.45, 7) is 2.74. The minimum absolute atomic E-state index is 0.270. The van der Waals surface area contributed by atoms with Gasteiger partial charge >= 0.3 is 12.2 Å². The molecule has 190 valence electrons. The maximum atomic E-state index is 12.2. The van der Waals surface area contributed by atoms with Gasteiger partial charge in [-0.3, -0.25) is 0 Å². The maximum Gasteiger partial charge on any atom is 0.407 e. The summed E-state index contributed by atoms with van der Waals surface area (Å²) in [5, 5.41) is 5.71. The Hall–Kier alpha value is -3.82. The third kappa shape index (κ3) is 5.69. The Balaban J connectivity index is 0.984. The summed E-state index contributed by atoms with van der Waals surface area (Å²) in [7, 11) is 0. The van der Waals surface area contributed by atoms with Crippen molar-refractivity contribution in [3.63, 3.8) is 0 Å². The average Bonchev–Trinajstić information content (AvgIpc) is 3.66. The van der Waals surface area contributed by atoms with E-state index in [2.05, 4.69) is 32.7 Å². The smallest absolute Gasteiger partial charge is 0.407 e. The number of ether oxygens (including phenoxy) is 2. The molecule has 1 aromatic carbocycles. The molecule has 2 amide bonds. The van der Waals surface area contributed by atoms with Crippen molar-refractivity contribution < 1.29 is 19.1 Å². The van der Waals surface area contributed by atoms with E-state index in [0.717, 1.165) is 63.3 Å². The van der Waals surface area contributed by atoms with Gasteiger partial charge in [0.25, 0.3) is 0 Å². The molecule has 5 rings (SSSR count). The number of fused-ring (bicyclic) bond motifs is 2. The van der Waals surface area contributed by atoms with Crippen LogP contribution in [0, 0.1) is 0 Å². The van der Waals surface area contributed by atoms with E-state index in [4.69, 9.17) is 9.47 Å². The molecule has 2 atom stereocenters. The number of rotatable bonds is 10. The fraction of sp³-hybridized carbons (Fsp3) is 0.462. The van der Waals surface area contributed by atoms with Crippen molar-refractivity contribution in [3.8, 4) is 0 Å². The molecule has 0 spiro atoms. The number of carbonyl (C=O) groups excluding carboxylic acids is 2. The van der Waals surface area contributed by atoms with Crippen LogP contribution < -0.4 is 10.6 Å². The molecule has 0 fully saturated rings. The van der Waals surface area contributed by atoms with Crippen LogP contribution in [0.1, 0.15) is 60.7 Å². The lowest BCUT2D eigenvalue weighted by Crippen LogP contribution is -2.27. The standard InChI is InChI=1S/C26H32N6O4/c33-25(35-21-9-15-31-17-13-27-23(21)31)29-11-3-7-19-5-1-2-6-20(19)8-4-12-30-26(34)36-22-10-16-32-18-14-28-24(22)32/h1-2,5-6,13-14,17-18,21-22H,3-4,7-12,15-16H2,(H,29,33)(H,30,34)/t21-,22?/m1/s1. The molecule has 0 radical (unpaired) electrons. The Kier molecular flexibility index (Phi) is 7.49. The van der Waals surface area contributed by atoms with E-state index < -0.39 is 12.2 Å². The Morgan fingerprint density at radius 3 is 1.75 bits per heavy atom. The van der Waals surface area contributed by atoms with Gasteiger partial charge in [-0.2, -0.15) is 0 Å². The first-order chi connectivity index (χ1) is 17.7. The number of alkyl carbamates (subject to hydrolysis) is 2. The molecular weight excluding hydrogens is 460 g/mol. The van der Waals surface area contributed by atoms with E-state index in [1.54, 1.807) is 12.4 Å². The molecule has 10 nitrogen and oxygen atoms in total. The molecule has 0 saturated heterocycles. The lowest BCUT2D eigenvalue weighted by molar-refractivity contribution is 0.0954. The Labute approximate surface area is 210 Å². The molecule has 2 aliphatic heterocycles. The number of aromatic nitrogens is 4. The van der Waals surface area contributed by atoms with Crippen LogP contribution in [0.5, 0.6) is 0 Å². The minimum Gasteiger partial charge on any atom is -0.438 e. The molecule has 1 unspecified atom stereocenters. The zero-order chi connectivity index (χ0) is 24.7. The van der Waals surface area contributed by atoms with Crippen molar-refractivity contribution in [2.75, 3.05) is 13.1 Å². The molecule has 0 bridgehead atoms. The predicted octanol–water partition coefficient (Wildman–Crippen LogP) is 3.69. The van der Waals surface area contributed by atoms with E-state index >= 15 is 0 Å². The van der Waals surface area contributed by atoms with E-state index in [1.807, 2.05) is 33.7 Å². The van der Waals surface area contributed by atoms with Crippen LogP contribution in [-0.4, -0.2) is 44.4 Å². The quantitative estimate of drug-likeness (QED) is 0.418. The first-order valence-electron chi connectivity index (χ1n) is 12.6. The van der Waals surface area contributed by atoms with Crippen molar-refractivity contribution in [2.45, 2.75) is 63.8 Å². The van der Waals surface area contributed by atoms with Crippen LogP contribution in [0.25, 0.3) is 0 Å². The number of imidazole rings is 2. The number of hydrogen-bond acceptors (Lipinski definition) is 6. The van der Waals surface area contributed by atoms with E-state index in [9.17, 15) is 9.59 Å². The largest absolute Gasteiger partial charge is 0.438 e. The predicted molar refractivity (Wildman–Crippen MR) is 131 cm³/mol. The lowest BCUT2D eigenvalue weighted by atomic mass is 9.99. The van der Waals surface area contributed by atoms with Crippen LogP contribution >= 0.6 is 0 Å². The van der Waals surface area contributed by atoms with Gasteiger partial charge in [0.05, 0.1) is 0 Å². The molecule has 36 heavy (non-hydrogen) atoms. The van der Waals surface area contributed by atoms with Gasteiger partial charge in [-0.1, -0.05) is 24.3 Å². The highest BCUT2D eigenvalue weighted by molar-refractivity contribution is 5.67. The van der Waals surface area contributed by atoms with Crippen molar-refractivity contribution in [3.05, 3.63) is 71.8 Å². The monoisotopic (exact) mass is 492 g/mol. The third-order valence-electron chi connectivity index (χ3n) is 6.74. The number of benzene rings is 1. The molecule has 2 aromatic heterocycles. The summed E-state index contributed by atoms with van der Waals surface area (Å²) in [5.41, 5.74) is 2.51. The average molecular weight is 493 g/mol. The van der Waals surface area contributed by atoms with Crippen molar-refractivity contribution >= 4 is 12.2 Å². The van der Waals surface area contributed by atoms with Crippen LogP contribution in [0.3, 0.4) is 0 Å². The van der Waals surface area contributed by atoms with E-state index in [1.165, 1.54) is 11.1 Å². The second kappa shape index (κ2) is 11.3. The summed E-state index contributed by atoms with van der Waals surface area (Å²) < 4.78 is 15.1. The zero-order valence-corrected chi connectivity index (χ0v) is 20.3. The van der Waals surface area contributed by atoms with Crippen LogP contribution in [0.15, 0.2) is 49.1 Å². The second-order valence-electron chi connectivity index (χ2n) is 9.15. The van der Waals surface area contributed by atoms with Crippen LogP contribution in [0.2, 0.25) is 0 Å². The van der Waals surface area contributed by atoms with Crippen molar-refractivity contribution in [1.82, 2.24) is 29.7 Å². The summed E-state index contributed by atoms with van der Waals surface area (Å²) in [4.78, 5) is 32.9. The van der Waals surface area contributed by atoms with E-state index in [0.29, 0.717) is 13.1 Å². The third-order valence-corrected chi connectivity index (χ3v) is 6.74. The summed E-state index contributed by atoms with van der Waals surface area (Å²) in [6, 6.07) is 8.31. The lowest BCUT2D eigenvalue weighted by Gasteiger charge is -2.13. The summed E-state index contributed by atoms with van der Waals surface area (Å²) >= 11 is 0. The van der Waals surface area contributed by atoms with E-state index in [-0.39, 0.29) is 12.2 Å². The fourth-order valence-electron chi connectivity index (χ4n) is 4.92. The number of carbonyl (C=O) groups is 2. The van der Waals surface area contributed by atoms with Crippen LogP contribution in [0.4, 0.5) is 9.59 Å². The highest BCUT2D eigenvalue weighted by Gasteiger charge is 2.27. The first kappa shape index (κ1) is 23.9. The second-order valence-corrected chi connectivity index (χ2v) is 9.15. The van der Waals surface area contributed by atoms with Gasteiger partial charge < -0.3 is 29.2 Å². The summed E-state index contributed by atoms with van der Waals surface area (Å²) in [6.07, 6.45) is 10.8. The molecular formula is C26H32N6O4. The summed E-state index contributed by atoms with van der Waals surface area (Å²) in [5.74, 6) is 1.63. The molecule has 0 saturated carbocycles. The van der Waals surface area contributed by atoms with Gasteiger partial charge in [0.1, 0.15) is 11.6 Å². The van der Waals surface area contributed by atoms with Gasteiger partial charge in [0.2, 0.25) is 0 Å². The van der Waals surface area contributed by atoms with Gasteiger partial charge in [-0.15, -0.1) is 0 Å². The highest BCUT2D eigenvalue weighted by Crippen LogP contribution is 2.28. The van der Waals surface area contributed by atoms with Crippen molar-refractivity contribution in [1.29, 1.82) is 0 Å². The van der Waals surface area contributed by atoms with Gasteiger partial charge in [-0.25, -0.2) is 19.6 Å². The number of nitrogens with zero attached hydrogens (tertiary/aromatic N) is 4. The Bertz CT molecular complexity index is 1100. The molecule has 4 heterocycles. The number of amides is 2. The fourth-order valence-corrected chi connectivity index (χ4v) is 4.92. The molecule has 10 heteroatoms. The molecule has 0 aliphatic carbocycles. The highest BCUT2D eigenvalue weighted by atomic mass is 16.6.